The van der Waals surface area contributed by atoms with E-state index in [9.17, 15) is 14.4 Å². The number of carbonyl (C=O) groups is 3. The Morgan fingerprint density at radius 2 is 1.92 bits per heavy atom. The summed E-state index contributed by atoms with van der Waals surface area (Å²) in [6.45, 7) is 7.49. The van der Waals surface area contributed by atoms with Crippen LogP contribution in [-0.2, 0) is 4.79 Å². The van der Waals surface area contributed by atoms with E-state index in [-0.39, 0.29) is 17.7 Å². The first-order valence-electron chi connectivity index (χ1n) is 8.66. The molecular weight excluding hydrogens is 318 g/mol. The number of piperidine rings is 1. The van der Waals surface area contributed by atoms with Crippen LogP contribution in [-0.4, -0.2) is 42.3 Å². The number of nitrogens with zero attached hydrogens (tertiary/aromatic N) is 1. The molecule has 1 fully saturated rings. The first-order valence-corrected chi connectivity index (χ1v) is 8.66. The molecule has 1 aromatic carbocycles. The highest BCUT2D eigenvalue weighted by Crippen LogP contribution is 2.20. The van der Waals surface area contributed by atoms with Gasteiger partial charge in [-0.2, -0.15) is 0 Å². The van der Waals surface area contributed by atoms with Crippen LogP contribution in [0.25, 0.3) is 0 Å². The van der Waals surface area contributed by atoms with Gasteiger partial charge in [-0.25, -0.2) is 0 Å². The van der Waals surface area contributed by atoms with Gasteiger partial charge in [-0.05, 0) is 37.0 Å². The van der Waals surface area contributed by atoms with Crippen molar-refractivity contribution in [3.8, 4) is 0 Å². The van der Waals surface area contributed by atoms with Crippen molar-refractivity contribution in [3.63, 3.8) is 0 Å². The summed E-state index contributed by atoms with van der Waals surface area (Å²) in [5.74, 6) is -0.389. The van der Waals surface area contributed by atoms with E-state index in [0.29, 0.717) is 30.8 Å². The zero-order valence-electron chi connectivity index (χ0n) is 15.2. The van der Waals surface area contributed by atoms with Crippen LogP contribution in [0.2, 0.25) is 0 Å². The Morgan fingerprint density at radius 3 is 2.56 bits per heavy atom. The van der Waals surface area contributed by atoms with Gasteiger partial charge in [0.25, 0.3) is 5.91 Å². The summed E-state index contributed by atoms with van der Waals surface area (Å²) in [7, 11) is 0. The molecule has 1 saturated heterocycles. The van der Waals surface area contributed by atoms with Crippen molar-refractivity contribution >= 4 is 17.7 Å². The van der Waals surface area contributed by atoms with Crippen LogP contribution < -0.4 is 11.1 Å². The number of primary amides is 1. The fraction of sp³-hybridized carbons (Fsp3) is 0.526. The maximum Gasteiger partial charge on any atom is 0.253 e. The van der Waals surface area contributed by atoms with Gasteiger partial charge in [0.05, 0.1) is 0 Å². The van der Waals surface area contributed by atoms with Gasteiger partial charge in [0, 0.05) is 36.2 Å². The highest BCUT2D eigenvalue weighted by Gasteiger charge is 2.27. The van der Waals surface area contributed by atoms with Crippen molar-refractivity contribution in [2.24, 2.45) is 17.1 Å². The quantitative estimate of drug-likeness (QED) is 0.871. The largest absolute Gasteiger partial charge is 0.366 e. The molecule has 136 valence electrons. The molecule has 1 heterocycles. The van der Waals surface area contributed by atoms with Crippen LogP contribution in [0.1, 0.15) is 54.3 Å². The molecule has 0 bridgehead atoms. The number of likely N-dealkylation sites (tertiary alicyclic amines) is 1. The second kappa shape index (κ2) is 7.68. The summed E-state index contributed by atoms with van der Waals surface area (Å²) in [5, 5.41) is 2.98. The predicted octanol–water partition coefficient (Wildman–Crippen LogP) is 1.80. The lowest BCUT2D eigenvalue weighted by molar-refractivity contribution is -0.128. The fourth-order valence-electron chi connectivity index (χ4n) is 2.91. The minimum Gasteiger partial charge on any atom is -0.366 e. The van der Waals surface area contributed by atoms with Crippen molar-refractivity contribution < 1.29 is 14.4 Å². The lowest BCUT2D eigenvalue weighted by Gasteiger charge is -2.33. The lowest BCUT2D eigenvalue weighted by atomic mass is 9.93. The molecule has 1 unspecified atom stereocenters. The number of carbonyl (C=O) groups excluding carboxylic acids is 3. The Bertz CT molecular complexity index is 664. The number of nitrogens with one attached hydrogen (secondary N) is 1. The van der Waals surface area contributed by atoms with E-state index in [1.54, 1.807) is 23.1 Å². The summed E-state index contributed by atoms with van der Waals surface area (Å²) < 4.78 is 0. The van der Waals surface area contributed by atoms with E-state index < -0.39 is 11.3 Å². The molecule has 1 aromatic rings. The molecule has 1 atom stereocenters. The number of benzene rings is 1. The van der Waals surface area contributed by atoms with Crippen molar-refractivity contribution in [3.05, 3.63) is 35.4 Å². The topological polar surface area (TPSA) is 92.5 Å². The molecule has 0 saturated carbocycles. The highest BCUT2D eigenvalue weighted by molar-refractivity contribution is 5.99. The minimum atomic E-state index is -0.545. The fourth-order valence-corrected chi connectivity index (χ4v) is 2.91. The molecule has 0 aliphatic carbocycles. The summed E-state index contributed by atoms with van der Waals surface area (Å²) in [5.41, 5.74) is 5.66. The molecular formula is C19H27N3O3. The molecule has 0 aromatic heterocycles. The van der Waals surface area contributed by atoms with Crippen LogP contribution in [0.15, 0.2) is 24.3 Å². The zero-order chi connectivity index (χ0) is 18.6. The summed E-state index contributed by atoms with van der Waals surface area (Å²) in [6.07, 6.45) is 1.88. The molecule has 25 heavy (non-hydrogen) atoms. The third-order valence-corrected chi connectivity index (χ3v) is 4.43. The van der Waals surface area contributed by atoms with Gasteiger partial charge in [-0.3, -0.25) is 14.4 Å². The number of hydrogen-bond acceptors (Lipinski definition) is 3. The minimum absolute atomic E-state index is 0.0186. The van der Waals surface area contributed by atoms with Crippen LogP contribution in [0, 0.1) is 11.3 Å². The number of hydrogen-bond donors (Lipinski definition) is 2. The first-order chi connectivity index (χ1) is 11.7. The Hall–Kier alpha value is -2.37. The van der Waals surface area contributed by atoms with E-state index in [1.165, 1.54) is 6.07 Å². The van der Waals surface area contributed by atoms with Crippen LogP contribution in [0.3, 0.4) is 0 Å². The Kier molecular flexibility index (Phi) is 5.82. The van der Waals surface area contributed by atoms with Gasteiger partial charge in [0.1, 0.15) is 0 Å². The van der Waals surface area contributed by atoms with Gasteiger partial charge in [-0.1, -0.05) is 26.8 Å². The third-order valence-electron chi connectivity index (χ3n) is 4.43. The monoisotopic (exact) mass is 345 g/mol. The lowest BCUT2D eigenvalue weighted by Crippen LogP contribution is -2.45. The Balaban J connectivity index is 1.98. The number of nitrogens with two attached hydrogens (primary N) is 1. The number of amides is 3. The normalized spacial score (nSPS) is 17.9. The average Bonchev–Trinajstić information content (AvgIpc) is 2.58. The summed E-state index contributed by atoms with van der Waals surface area (Å²) in [6, 6.07) is 6.49. The predicted molar refractivity (Wildman–Crippen MR) is 96.1 cm³/mol. The third kappa shape index (κ3) is 5.05. The van der Waals surface area contributed by atoms with Gasteiger partial charge in [0.15, 0.2) is 0 Å². The summed E-state index contributed by atoms with van der Waals surface area (Å²) in [4.78, 5) is 37.8. The van der Waals surface area contributed by atoms with E-state index in [1.807, 2.05) is 20.8 Å². The van der Waals surface area contributed by atoms with Crippen molar-refractivity contribution in [1.29, 1.82) is 0 Å². The zero-order valence-corrected chi connectivity index (χ0v) is 15.2. The standard InChI is InChI=1S/C19H27N3O3/c1-19(2,3)18(25)21-11-13-6-5-9-22(12-13)17(24)15-8-4-7-14(10-15)16(20)23/h4,7-8,10,13H,5-6,9,11-12H2,1-3H3,(H2,20,23)(H,21,25). The van der Waals surface area contributed by atoms with Gasteiger partial charge in [0.2, 0.25) is 11.8 Å². The van der Waals surface area contributed by atoms with E-state index in [2.05, 4.69) is 5.32 Å². The SMILES string of the molecule is CC(C)(C)C(=O)NCC1CCCN(C(=O)c2cccc(C(N)=O)c2)C1. The second-order valence-electron chi connectivity index (χ2n) is 7.66. The molecule has 1 aliphatic heterocycles. The molecule has 3 amide bonds. The van der Waals surface area contributed by atoms with Crippen molar-refractivity contribution in [2.75, 3.05) is 19.6 Å². The second-order valence-corrected chi connectivity index (χ2v) is 7.66. The first kappa shape index (κ1) is 19.0. The van der Waals surface area contributed by atoms with E-state index in [0.717, 1.165) is 12.8 Å². The molecule has 0 spiro atoms. The molecule has 1 aliphatic rings. The van der Waals surface area contributed by atoms with Gasteiger partial charge >= 0.3 is 0 Å². The summed E-state index contributed by atoms with van der Waals surface area (Å²) >= 11 is 0. The van der Waals surface area contributed by atoms with Crippen molar-refractivity contribution in [2.45, 2.75) is 33.6 Å². The van der Waals surface area contributed by atoms with Crippen LogP contribution in [0.5, 0.6) is 0 Å². The maximum absolute atomic E-state index is 12.7. The van der Waals surface area contributed by atoms with Crippen LogP contribution in [0.4, 0.5) is 0 Å². The van der Waals surface area contributed by atoms with Gasteiger partial charge < -0.3 is 16.0 Å². The van der Waals surface area contributed by atoms with Crippen LogP contribution >= 0.6 is 0 Å². The average molecular weight is 345 g/mol. The van der Waals surface area contributed by atoms with Crippen molar-refractivity contribution in [1.82, 2.24) is 10.2 Å². The maximum atomic E-state index is 12.7. The van der Waals surface area contributed by atoms with E-state index in [4.69, 9.17) is 5.73 Å². The number of rotatable bonds is 4. The van der Waals surface area contributed by atoms with E-state index >= 15 is 0 Å². The molecule has 0 radical (unpaired) electrons. The molecule has 6 nitrogen and oxygen atoms in total. The van der Waals surface area contributed by atoms with Gasteiger partial charge in [-0.15, -0.1) is 0 Å². The smallest absolute Gasteiger partial charge is 0.253 e. The molecule has 3 N–H and O–H groups in total. The highest BCUT2D eigenvalue weighted by atomic mass is 16.2. The molecule has 6 heteroatoms. The molecule has 2 rings (SSSR count). The Morgan fingerprint density at radius 1 is 1.24 bits per heavy atom. The Labute approximate surface area is 148 Å².